The monoisotopic (exact) mass is 248 g/mol. The molecule has 0 amide bonds. The van der Waals surface area contributed by atoms with Gasteiger partial charge in [0.15, 0.2) is 0 Å². The zero-order valence-electron chi connectivity index (χ0n) is 11.3. The molecule has 1 N–H and O–H groups in total. The average molecular weight is 248 g/mol. The molecular formula is C16H24O2. The summed E-state index contributed by atoms with van der Waals surface area (Å²) in [7, 11) is 0. The second kappa shape index (κ2) is 6.79. The van der Waals surface area contributed by atoms with Gasteiger partial charge in [-0.1, -0.05) is 44.4 Å². The predicted molar refractivity (Wildman–Crippen MR) is 74.1 cm³/mol. The van der Waals surface area contributed by atoms with E-state index in [1.165, 1.54) is 12.0 Å². The molecule has 1 aliphatic carbocycles. The van der Waals surface area contributed by atoms with Gasteiger partial charge in [0.25, 0.3) is 0 Å². The molecule has 18 heavy (non-hydrogen) atoms. The molecule has 0 heterocycles. The van der Waals surface area contributed by atoms with Crippen LogP contribution in [0.15, 0.2) is 24.3 Å². The Hall–Kier alpha value is -1.02. The van der Waals surface area contributed by atoms with Gasteiger partial charge in [-0.15, -0.1) is 0 Å². The molecule has 2 unspecified atom stereocenters. The lowest BCUT2D eigenvalue weighted by atomic mass is 9.81. The molecule has 1 aliphatic rings. The zero-order valence-corrected chi connectivity index (χ0v) is 11.3. The molecule has 2 heteroatoms. The maximum Gasteiger partial charge on any atom is 0.122 e. The molecule has 0 aliphatic heterocycles. The van der Waals surface area contributed by atoms with Gasteiger partial charge in [-0.05, 0) is 30.9 Å². The van der Waals surface area contributed by atoms with E-state index in [0.717, 1.165) is 44.5 Å². The first-order valence-corrected chi connectivity index (χ1v) is 7.22. The number of hydrogen-bond acceptors (Lipinski definition) is 2. The molecule has 0 saturated heterocycles. The summed E-state index contributed by atoms with van der Waals surface area (Å²) in [6.45, 7) is 2.94. The SMILES string of the molecule is CCCCOc1ccccc1C1CCCCC1O. The number of unbranched alkanes of at least 4 members (excludes halogenated alkanes) is 1. The zero-order chi connectivity index (χ0) is 12.8. The Labute approximate surface area is 110 Å². The van der Waals surface area contributed by atoms with Gasteiger partial charge < -0.3 is 9.84 Å². The van der Waals surface area contributed by atoms with Crippen LogP contribution in [0.25, 0.3) is 0 Å². The molecule has 2 nitrogen and oxygen atoms in total. The van der Waals surface area contributed by atoms with E-state index in [1.807, 2.05) is 18.2 Å². The van der Waals surface area contributed by atoms with Crippen LogP contribution in [-0.4, -0.2) is 17.8 Å². The van der Waals surface area contributed by atoms with Crippen molar-refractivity contribution < 1.29 is 9.84 Å². The number of benzene rings is 1. The van der Waals surface area contributed by atoms with Gasteiger partial charge in [0.05, 0.1) is 12.7 Å². The van der Waals surface area contributed by atoms with E-state index in [9.17, 15) is 5.11 Å². The Morgan fingerprint density at radius 3 is 2.78 bits per heavy atom. The molecular weight excluding hydrogens is 224 g/mol. The van der Waals surface area contributed by atoms with Crippen molar-refractivity contribution in [2.24, 2.45) is 0 Å². The van der Waals surface area contributed by atoms with Gasteiger partial charge in [0.1, 0.15) is 5.75 Å². The number of rotatable bonds is 5. The maximum absolute atomic E-state index is 10.2. The first kappa shape index (κ1) is 13.4. The molecule has 0 radical (unpaired) electrons. The second-order valence-electron chi connectivity index (χ2n) is 5.20. The van der Waals surface area contributed by atoms with Crippen molar-refractivity contribution >= 4 is 0 Å². The Balaban J connectivity index is 2.10. The first-order valence-electron chi connectivity index (χ1n) is 7.22. The molecule has 0 aromatic heterocycles. The van der Waals surface area contributed by atoms with Crippen LogP contribution in [0.3, 0.4) is 0 Å². The van der Waals surface area contributed by atoms with E-state index in [1.54, 1.807) is 0 Å². The fraction of sp³-hybridized carbons (Fsp3) is 0.625. The van der Waals surface area contributed by atoms with E-state index in [2.05, 4.69) is 13.0 Å². The van der Waals surface area contributed by atoms with Crippen LogP contribution in [0.1, 0.15) is 56.9 Å². The minimum Gasteiger partial charge on any atom is -0.493 e. The second-order valence-corrected chi connectivity index (χ2v) is 5.20. The molecule has 0 bridgehead atoms. The minimum absolute atomic E-state index is 0.199. The largest absolute Gasteiger partial charge is 0.493 e. The average Bonchev–Trinajstić information content (AvgIpc) is 2.40. The van der Waals surface area contributed by atoms with Crippen LogP contribution in [0.4, 0.5) is 0 Å². The Morgan fingerprint density at radius 2 is 2.00 bits per heavy atom. The lowest BCUT2D eigenvalue weighted by Gasteiger charge is -2.29. The van der Waals surface area contributed by atoms with Crippen LogP contribution in [-0.2, 0) is 0 Å². The highest BCUT2D eigenvalue weighted by atomic mass is 16.5. The van der Waals surface area contributed by atoms with Crippen LogP contribution >= 0.6 is 0 Å². The third-order valence-corrected chi connectivity index (χ3v) is 3.80. The van der Waals surface area contributed by atoms with Crippen molar-refractivity contribution in [3.8, 4) is 5.75 Å². The van der Waals surface area contributed by atoms with E-state index < -0.39 is 0 Å². The minimum atomic E-state index is -0.199. The summed E-state index contributed by atoms with van der Waals surface area (Å²) >= 11 is 0. The standard InChI is InChI=1S/C16H24O2/c1-2-3-12-18-16-11-7-5-9-14(16)13-8-4-6-10-15(13)17/h5,7,9,11,13,15,17H,2-4,6,8,10,12H2,1H3. The first-order chi connectivity index (χ1) is 8.83. The number of aliphatic hydroxyl groups excluding tert-OH is 1. The lowest BCUT2D eigenvalue weighted by Crippen LogP contribution is -2.23. The Kier molecular flexibility index (Phi) is 5.06. The molecule has 1 fully saturated rings. The fourth-order valence-electron chi connectivity index (χ4n) is 2.72. The Bertz CT molecular complexity index is 362. The van der Waals surface area contributed by atoms with Crippen LogP contribution in [0, 0.1) is 0 Å². The molecule has 0 spiro atoms. The van der Waals surface area contributed by atoms with Crippen molar-refractivity contribution in [1.82, 2.24) is 0 Å². The van der Waals surface area contributed by atoms with Crippen molar-refractivity contribution in [1.29, 1.82) is 0 Å². The quantitative estimate of drug-likeness (QED) is 0.801. The maximum atomic E-state index is 10.2. The van der Waals surface area contributed by atoms with Crippen molar-refractivity contribution in [3.63, 3.8) is 0 Å². The topological polar surface area (TPSA) is 29.5 Å². The molecule has 1 aromatic carbocycles. The Morgan fingerprint density at radius 1 is 1.22 bits per heavy atom. The highest BCUT2D eigenvalue weighted by Gasteiger charge is 2.26. The summed E-state index contributed by atoms with van der Waals surface area (Å²) in [5, 5.41) is 10.2. The van der Waals surface area contributed by atoms with E-state index in [0.29, 0.717) is 0 Å². The summed E-state index contributed by atoms with van der Waals surface area (Å²) in [5.41, 5.74) is 1.20. The summed E-state index contributed by atoms with van der Waals surface area (Å²) in [4.78, 5) is 0. The molecule has 100 valence electrons. The predicted octanol–water partition coefficient (Wildman–Crippen LogP) is 3.88. The van der Waals surface area contributed by atoms with Gasteiger partial charge in [-0.2, -0.15) is 0 Å². The van der Waals surface area contributed by atoms with Gasteiger partial charge >= 0.3 is 0 Å². The van der Waals surface area contributed by atoms with Crippen LogP contribution < -0.4 is 4.74 Å². The normalized spacial score (nSPS) is 23.9. The van der Waals surface area contributed by atoms with E-state index >= 15 is 0 Å². The highest BCUT2D eigenvalue weighted by Crippen LogP contribution is 2.37. The van der Waals surface area contributed by atoms with Crippen LogP contribution in [0.2, 0.25) is 0 Å². The number of aliphatic hydroxyl groups is 1. The third kappa shape index (κ3) is 3.26. The summed E-state index contributed by atoms with van der Waals surface area (Å²) in [6, 6.07) is 8.20. The van der Waals surface area contributed by atoms with Gasteiger partial charge in [-0.3, -0.25) is 0 Å². The van der Waals surface area contributed by atoms with Gasteiger partial charge in [0, 0.05) is 5.92 Å². The molecule has 1 saturated carbocycles. The summed E-state index contributed by atoms with van der Waals surface area (Å²) < 4.78 is 5.87. The molecule has 2 rings (SSSR count). The smallest absolute Gasteiger partial charge is 0.122 e. The number of ether oxygens (including phenoxy) is 1. The molecule has 2 atom stereocenters. The summed E-state index contributed by atoms with van der Waals surface area (Å²) in [6.07, 6.45) is 6.40. The van der Waals surface area contributed by atoms with E-state index in [-0.39, 0.29) is 12.0 Å². The van der Waals surface area contributed by atoms with E-state index in [4.69, 9.17) is 4.74 Å². The highest BCUT2D eigenvalue weighted by molar-refractivity contribution is 5.37. The number of para-hydroxylation sites is 1. The lowest BCUT2D eigenvalue weighted by molar-refractivity contribution is 0.104. The van der Waals surface area contributed by atoms with Crippen molar-refractivity contribution in [2.45, 2.75) is 57.5 Å². The van der Waals surface area contributed by atoms with Crippen molar-refractivity contribution in [3.05, 3.63) is 29.8 Å². The van der Waals surface area contributed by atoms with Crippen molar-refractivity contribution in [2.75, 3.05) is 6.61 Å². The van der Waals surface area contributed by atoms with Gasteiger partial charge in [-0.25, -0.2) is 0 Å². The fourth-order valence-corrected chi connectivity index (χ4v) is 2.72. The number of hydrogen-bond donors (Lipinski definition) is 1. The van der Waals surface area contributed by atoms with Crippen LogP contribution in [0.5, 0.6) is 5.75 Å². The summed E-state index contributed by atoms with van der Waals surface area (Å²) in [5.74, 6) is 1.23. The third-order valence-electron chi connectivity index (χ3n) is 3.80. The molecule has 1 aromatic rings. The van der Waals surface area contributed by atoms with Gasteiger partial charge in [0.2, 0.25) is 0 Å².